The fraction of sp³-hybridized carbons (Fsp3) is 0.300. The Morgan fingerprint density at radius 2 is 2.00 bits per heavy atom. The molecule has 0 radical (unpaired) electrons. The molecule has 0 saturated carbocycles. The van der Waals surface area contributed by atoms with E-state index in [4.69, 9.17) is 11.1 Å². The first kappa shape index (κ1) is 9.72. The molecule has 0 saturated heterocycles. The molecule has 3 nitrogen and oxygen atoms in total. The van der Waals surface area contributed by atoms with Gasteiger partial charge in [-0.3, -0.25) is 5.84 Å². The summed E-state index contributed by atoms with van der Waals surface area (Å²) in [5.41, 5.74) is 1.17. The number of nitriles is 1. The van der Waals surface area contributed by atoms with E-state index in [0.29, 0.717) is 19.5 Å². The number of hydrazine groups is 1. The lowest BCUT2D eigenvalue weighted by Crippen LogP contribution is -2.31. The molecule has 0 unspecified atom stereocenters. The predicted molar refractivity (Wildman–Crippen MR) is 51.3 cm³/mol. The van der Waals surface area contributed by atoms with Gasteiger partial charge in [-0.2, -0.15) is 5.26 Å². The average Bonchev–Trinajstić information content (AvgIpc) is 2.16. The second-order valence-corrected chi connectivity index (χ2v) is 2.86. The van der Waals surface area contributed by atoms with E-state index in [1.54, 1.807) is 5.01 Å². The van der Waals surface area contributed by atoms with E-state index in [2.05, 4.69) is 6.07 Å². The van der Waals surface area contributed by atoms with Gasteiger partial charge in [-0.25, -0.2) is 5.01 Å². The van der Waals surface area contributed by atoms with Crippen molar-refractivity contribution in [3.63, 3.8) is 0 Å². The fourth-order valence-electron chi connectivity index (χ4n) is 1.09. The summed E-state index contributed by atoms with van der Waals surface area (Å²) in [7, 11) is 0. The maximum Gasteiger partial charge on any atom is 0.0635 e. The Labute approximate surface area is 78.4 Å². The molecule has 1 rings (SSSR count). The molecule has 3 heteroatoms. The zero-order valence-electron chi connectivity index (χ0n) is 7.48. The van der Waals surface area contributed by atoms with Gasteiger partial charge < -0.3 is 0 Å². The number of hydrogen-bond acceptors (Lipinski definition) is 3. The van der Waals surface area contributed by atoms with E-state index in [1.807, 2.05) is 30.3 Å². The van der Waals surface area contributed by atoms with Crippen molar-refractivity contribution in [2.45, 2.75) is 13.0 Å². The predicted octanol–water partition coefficient (Wildman–Crippen LogP) is 1.28. The number of nitrogens with zero attached hydrogens (tertiary/aromatic N) is 2. The van der Waals surface area contributed by atoms with Gasteiger partial charge in [0.25, 0.3) is 0 Å². The fourth-order valence-corrected chi connectivity index (χ4v) is 1.09. The summed E-state index contributed by atoms with van der Waals surface area (Å²) in [5.74, 6) is 5.67. The number of hydrogen-bond donors (Lipinski definition) is 1. The van der Waals surface area contributed by atoms with Crippen LogP contribution in [0.25, 0.3) is 0 Å². The van der Waals surface area contributed by atoms with Crippen LogP contribution in [-0.2, 0) is 6.54 Å². The van der Waals surface area contributed by atoms with Crippen LogP contribution >= 0.6 is 0 Å². The summed E-state index contributed by atoms with van der Waals surface area (Å²) in [5, 5.41) is 10.0. The number of rotatable bonds is 4. The molecule has 0 aliphatic heterocycles. The molecular weight excluding hydrogens is 162 g/mol. The van der Waals surface area contributed by atoms with Gasteiger partial charge in [0.05, 0.1) is 6.07 Å². The summed E-state index contributed by atoms with van der Waals surface area (Å²) in [6, 6.07) is 12.0. The van der Waals surface area contributed by atoms with E-state index >= 15 is 0 Å². The van der Waals surface area contributed by atoms with Gasteiger partial charge in [0.15, 0.2) is 0 Å². The molecule has 0 bridgehead atoms. The molecule has 0 aromatic heterocycles. The highest BCUT2D eigenvalue weighted by Crippen LogP contribution is 2.00. The topological polar surface area (TPSA) is 53.0 Å². The van der Waals surface area contributed by atoms with Crippen molar-refractivity contribution in [2.75, 3.05) is 6.54 Å². The third kappa shape index (κ3) is 3.70. The summed E-state index contributed by atoms with van der Waals surface area (Å²) < 4.78 is 0. The molecule has 0 fully saturated rings. The highest BCUT2D eigenvalue weighted by molar-refractivity contribution is 5.14. The Bertz CT molecular complexity index is 276. The van der Waals surface area contributed by atoms with E-state index in [-0.39, 0.29) is 0 Å². The zero-order chi connectivity index (χ0) is 9.52. The largest absolute Gasteiger partial charge is 0.268 e. The summed E-state index contributed by atoms with van der Waals surface area (Å²) >= 11 is 0. The van der Waals surface area contributed by atoms with Gasteiger partial charge in [-0.05, 0) is 5.56 Å². The first-order valence-corrected chi connectivity index (χ1v) is 4.23. The van der Waals surface area contributed by atoms with Crippen LogP contribution in [0.4, 0.5) is 0 Å². The molecular formula is C10H13N3. The van der Waals surface area contributed by atoms with Gasteiger partial charge in [-0.1, -0.05) is 30.3 Å². The van der Waals surface area contributed by atoms with Crippen LogP contribution in [-0.4, -0.2) is 11.6 Å². The SMILES string of the molecule is N#CCCN(N)Cc1ccccc1. The van der Waals surface area contributed by atoms with E-state index in [0.717, 1.165) is 0 Å². The molecule has 0 spiro atoms. The van der Waals surface area contributed by atoms with Gasteiger partial charge in [-0.15, -0.1) is 0 Å². The second-order valence-electron chi connectivity index (χ2n) is 2.86. The third-order valence-electron chi connectivity index (χ3n) is 1.74. The van der Waals surface area contributed by atoms with Crippen LogP contribution in [0.5, 0.6) is 0 Å². The van der Waals surface area contributed by atoms with Gasteiger partial charge >= 0.3 is 0 Å². The monoisotopic (exact) mass is 175 g/mol. The van der Waals surface area contributed by atoms with Crippen molar-refractivity contribution >= 4 is 0 Å². The first-order chi connectivity index (χ1) is 6.33. The Hall–Kier alpha value is -1.37. The van der Waals surface area contributed by atoms with Crippen molar-refractivity contribution in [3.8, 4) is 6.07 Å². The molecule has 2 N–H and O–H groups in total. The van der Waals surface area contributed by atoms with Crippen molar-refractivity contribution in [2.24, 2.45) is 5.84 Å². The van der Waals surface area contributed by atoms with Crippen LogP contribution < -0.4 is 5.84 Å². The van der Waals surface area contributed by atoms with Gasteiger partial charge in [0.1, 0.15) is 0 Å². The summed E-state index contributed by atoms with van der Waals surface area (Å²) in [6.07, 6.45) is 0.476. The minimum Gasteiger partial charge on any atom is -0.268 e. The molecule has 13 heavy (non-hydrogen) atoms. The lowest BCUT2D eigenvalue weighted by atomic mass is 10.2. The highest BCUT2D eigenvalue weighted by Gasteiger charge is 1.98. The minimum atomic E-state index is 0.476. The van der Waals surface area contributed by atoms with E-state index in [1.165, 1.54) is 5.56 Å². The van der Waals surface area contributed by atoms with Gasteiger partial charge in [0, 0.05) is 19.5 Å². The minimum absolute atomic E-state index is 0.476. The molecule has 0 aliphatic rings. The molecule has 0 aliphatic carbocycles. The molecule has 0 atom stereocenters. The van der Waals surface area contributed by atoms with Crippen molar-refractivity contribution in [1.82, 2.24) is 5.01 Å². The number of nitrogens with two attached hydrogens (primary N) is 1. The van der Waals surface area contributed by atoms with Crippen molar-refractivity contribution in [1.29, 1.82) is 5.26 Å². The molecule has 0 amide bonds. The van der Waals surface area contributed by atoms with Crippen LogP contribution in [0, 0.1) is 11.3 Å². The maximum atomic E-state index is 8.35. The third-order valence-corrected chi connectivity index (χ3v) is 1.74. The summed E-state index contributed by atoms with van der Waals surface area (Å²) in [4.78, 5) is 0. The normalized spacial score (nSPS) is 9.92. The lowest BCUT2D eigenvalue weighted by molar-refractivity contribution is 0.281. The van der Waals surface area contributed by atoms with Crippen LogP contribution in [0.15, 0.2) is 30.3 Å². The van der Waals surface area contributed by atoms with Crippen molar-refractivity contribution in [3.05, 3.63) is 35.9 Å². The first-order valence-electron chi connectivity index (χ1n) is 4.23. The van der Waals surface area contributed by atoms with Gasteiger partial charge in [0.2, 0.25) is 0 Å². The van der Waals surface area contributed by atoms with E-state index < -0.39 is 0 Å². The average molecular weight is 175 g/mol. The second kappa shape index (κ2) is 5.31. The van der Waals surface area contributed by atoms with E-state index in [9.17, 15) is 0 Å². The molecule has 1 aromatic rings. The highest BCUT2D eigenvalue weighted by atomic mass is 15.4. The van der Waals surface area contributed by atoms with Crippen LogP contribution in [0.2, 0.25) is 0 Å². The quantitative estimate of drug-likeness (QED) is 0.554. The van der Waals surface area contributed by atoms with Crippen LogP contribution in [0.3, 0.4) is 0 Å². The smallest absolute Gasteiger partial charge is 0.0635 e. The Balaban J connectivity index is 2.37. The zero-order valence-corrected chi connectivity index (χ0v) is 7.48. The Morgan fingerprint density at radius 1 is 1.31 bits per heavy atom. The Kier molecular flexibility index (Phi) is 3.97. The van der Waals surface area contributed by atoms with Crippen molar-refractivity contribution < 1.29 is 0 Å². The molecule has 0 heterocycles. The lowest BCUT2D eigenvalue weighted by Gasteiger charge is -2.13. The Morgan fingerprint density at radius 3 is 2.62 bits per heavy atom. The molecule has 1 aromatic carbocycles. The maximum absolute atomic E-state index is 8.35. The van der Waals surface area contributed by atoms with Crippen LogP contribution in [0.1, 0.15) is 12.0 Å². The summed E-state index contributed by atoms with van der Waals surface area (Å²) in [6.45, 7) is 1.31. The molecule has 68 valence electrons. The number of benzene rings is 1. The standard InChI is InChI=1S/C10H13N3/c11-7-4-8-13(12)9-10-5-2-1-3-6-10/h1-3,5-6H,4,8-9,12H2.